The maximum absolute atomic E-state index is 12.6. The second-order valence-corrected chi connectivity index (χ2v) is 9.75. The fourth-order valence-electron chi connectivity index (χ4n) is 3.23. The molecule has 0 saturated carbocycles. The van der Waals surface area contributed by atoms with E-state index < -0.39 is 9.84 Å². The van der Waals surface area contributed by atoms with Crippen LogP contribution in [-0.4, -0.2) is 43.8 Å². The summed E-state index contributed by atoms with van der Waals surface area (Å²) in [5, 5.41) is 0. The minimum absolute atomic E-state index is 0.0239. The molecule has 1 fully saturated rings. The lowest BCUT2D eigenvalue weighted by atomic mass is 9.90. The average molecular weight is 327 g/mol. The van der Waals surface area contributed by atoms with Gasteiger partial charge in [-0.15, -0.1) is 11.3 Å². The summed E-state index contributed by atoms with van der Waals surface area (Å²) in [5.74, 6) is 0.974. The van der Waals surface area contributed by atoms with E-state index in [9.17, 15) is 13.2 Å². The van der Waals surface area contributed by atoms with E-state index in [1.165, 1.54) is 16.9 Å². The molecule has 0 aromatic carbocycles. The summed E-state index contributed by atoms with van der Waals surface area (Å²) in [4.78, 5) is 16.3. The van der Waals surface area contributed by atoms with Crippen molar-refractivity contribution in [2.24, 2.45) is 5.92 Å². The van der Waals surface area contributed by atoms with Gasteiger partial charge in [-0.2, -0.15) is 0 Å². The molecule has 1 amide bonds. The van der Waals surface area contributed by atoms with Crippen LogP contribution in [0.5, 0.6) is 0 Å². The van der Waals surface area contributed by atoms with Gasteiger partial charge in [-0.25, -0.2) is 8.42 Å². The maximum Gasteiger partial charge on any atom is 0.263 e. The third-order valence-electron chi connectivity index (χ3n) is 4.62. The second kappa shape index (κ2) is 5.39. The Morgan fingerprint density at radius 2 is 2.14 bits per heavy atom. The van der Waals surface area contributed by atoms with Gasteiger partial charge >= 0.3 is 0 Å². The van der Waals surface area contributed by atoms with Crippen LogP contribution < -0.4 is 0 Å². The number of hydrogen-bond donors (Lipinski definition) is 0. The third-order valence-corrected chi connectivity index (χ3v) is 7.59. The first-order chi connectivity index (χ1) is 9.85. The summed E-state index contributed by atoms with van der Waals surface area (Å²) >= 11 is 1.59. The Hall–Kier alpha value is -0.880. The molecule has 0 unspecified atom stereocenters. The molecule has 1 aliphatic carbocycles. The van der Waals surface area contributed by atoms with E-state index in [1.54, 1.807) is 23.3 Å². The zero-order valence-corrected chi connectivity index (χ0v) is 14.1. The van der Waals surface area contributed by atoms with Crippen LogP contribution in [0.3, 0.4) is 0 Å². The van der Waals surface area contributed by atoms with Crippen LogP contribution >= 0.6 is 11.3 Å². The van der Waals surface area contributed by atoms with Gasteiger partial charge in [-0.1, -0.05) is 6.92 Å². The number of carbonyl (C=O) groups excluding carboxylic acids is 1. The lowest BCUT2D eigenvalue weighted by molar-refractivity contribution is 0.0752. The molecule has 0 bridgehead atoms. The van der Waals surface area contributed by atoms with Crippen molar-refractivity contribution < 1.29 is 13.2 Å². The Balaban J connectivity index is 1.76. The number of carbonyl (C=O) groups is 1. The quantitative estimate of drug-likeness (QED) is 0.836. The summed E-state index contributed by atoms with van der Waals surface area (Å²) in [6.45, 7) is 2.25. The summed E-state index contributed by atoms with van der Waals surface area (Å²) < 4.78 is 23.1. The van der Waals surface area contributed by atoms with Crippen LogP contribution in [0.25, 0.3) is 0 Å². The van der Waals surface area contributed by atoms with Gasteiger partial charge in [-0.05, 0) is 43.2 Å². The molecule has 116 valence electrons. The van der Waals surface area contributed by atoms with E-state index in [0.717, 1.165) is 17.7 Å². The first kappa shape index (κ1) is 15.0. The van der Waals surface area contributed by atoms with Crippen molar-refractivity contribution in [1.29, 1.82) is 0 Å². The molecule has 2 heterocycles. The second-order valence-electron chi connectivity index (χ2n) is 6.38. The van der Waals surface area contributed by atoms with Gasteiger partial charge < -0.3 is 4.90 Å². The van der Waals surface area contributed by atoms with Crippen LogP contribution in [0, 0.1) is 5.92 Å². The lowest BCUT2D eigenvalue weighted by Gasteiger charge is -2.22. The van der Waals surface area contributed by atoms with Crippen LogP contribution in [0.15, 0.2) is 6.07 Å². The molecule has 1 aliphatic heterocycles. The van der Waals surface area contributed by atoms with Gasteiger partial charge in [-0.3, -0.25) is 4.79 Å². The lowest BCUT2D eigenvalue weighted by Crippen LogP contribution is -2.37. The third kappa shape index (κ3) is 3.01. The highest BCUT2D eigenvalue weighted by Gasteiger charge is 2.33. The van der Waals surface area contributed by atoms with E-state index >= 15 is 0 Å². The van der Waals surface area contributed by atoms with E-state index in [4.69, 9.17) is 0 Å². The Kier molecular flexibility index (Phi) is 3.86. The van der Waals surface area contributed by atoms with Crippen molar-refractivity contribution in [3.05, 3.63) is 21.4 Å². The van der Waals surface area contributed by atoms with Gasteiger partial charge in [0.25, 0.3) is 5.91 Å². The topological polar surface area (TPSA) is 54.5 Å². The highest BCUT2D eigenvalue weighted by atomic mass is 32.2. The maximum atomic E-state index is 12.6. The number of sulfone groups is 1. The van der Waals surface area contributed by atoms with Crippen LogP contribution in [-0.2, 0) is 22.7 Å². The molecule has 3 rings (SSSR count). The molecule has 2 aliphatic rings. The molecule has 0 N–H and O–H groups in total. The van der Waals surface area contributed by atoms with Crippen molar-refractivity contribution in [2.75, 3.05) is 18.6 Å². The van der Waals surface area contributed by atoms with Gasteiger partial charge in [0, 0.05) is 18.0 Å². The molecule has 1 aromatic heterocycles. The summed E-state index contributed by atoms with van der Waals surface area (Å²) in [6, 6.07) is 1.86. The smallest absolute Gasteiger partial charge is 0.263 e. The van der Waals surface area contributed by atoms with Crippen molar-refractivity contribution in [3.63, 3.8) is 0 Å². The van der Waals surface area contributed by atoms with Crippen molar-refractivity contribution in [3.8, 4) is 0 Å². The number of rotatable bonds is 2. The normalized spacial score (nSPS) is 27.3. The number of aryl methyl sites for hydroxylation is 1. The van der Waals surface area contributed by atoms with Crippen LogP contribution in [0.1, 0.15) is 39.9 Å². The number of thiophene rings is 1. The molecule has 4 nitrogen and oxygen atoms in total. The van der Waals surface area contributed by atoms with Gasteiger partial charge in [0.1, 0.15) is 0 Å². The number of amides is 1. The van der Waals surface area contributed by atoms with Gasteiger partial charge in [0.05, 0.1) is 16.4 Å². The monoisotopic (exact) mass is 327 g/mol. The zero-order chi connectivity index (χ0) is 15.2. The standard InChI is InChI=1S/C15H21NO3S2/c1-10-3-4-13-11(7-10)8-14(20-13)15(17)16(2)12-5-6-21(18,19)9-12/h8,10,12H,3-7,9H2,1-2H3/t10-,12+/m0/s1. The van der Waals surface area contributed by atoms with E-state index in [1.807, 2.05) is 6.07 Å². The highest BCUT2D eigenvalue weighted by Crippen LogP contribution is 2.33. The van der Waals surface area contributed by atoms with Crippen LogP contribution in [0.2, 0.25) is 0 Å². The largest absolute Gasteiger partial charge is 0.337 e. The molecule has 0 spiro atoms. The first-order valence-corrected chi connectivity index (χ1v) is 10.1. The SMILES string of the molecule is C[C@H]1CCc2sc(C(=O)N(C)[C@@H]3CCS(=O)(=O)C3)cc2C1. The number of hydrogen-bond acceptors (Lipinski definition) is 4. The Morgan fingerprint density at radius 3 is 2.81 bits per heavy atom. The molecule has 6 heteroatoms. The molecular formula is C15H21NO3S2. The fourth-order valence-corrected chi connectivity index (χ4v) is 6.20. The summed E-state index contributed by atoms with van der Waals surface area (Å²) in [6.07, 6.45) is 3.88. The summed E-state index contributed by atoms with van der Waals surface area (Å²) in [7, 11) is -1.22. The van der Waals surface area contributed by atoms with Crippen molar-refractivity contribution in [2.45, 2.75) is 38.6 Å². The average Bonchev–Trinajstić information content (AvgIpc) is 2.99. The summed E-state index contributed by atoms with van der Waals surface area (Å²) in [5.41, 5.74) is 1.31. The molecule has 2 atom stereocenters. The van der Waals surface area contributed by atoms with Crippen molar-refractivity contribution in [1.82, 2.24) is 4.90 Å². The van der Waals surface area contributed by atoms with E-state index in [2.05, 4.69) is 6.92 Å². The Bertz CT molecular complexity index is 662. The molecule has 1 saturated heterocycles. The number of nitrogens with zero attached hydrogens (tertiary/aromatic N) is 1. The first-order valence-electron chi connectivity index (χ1n) is 7.45. The number of fused-ring (bicyclic) bond motifs is 1. The predicted octanol–water partition coefficient (Wildman–Crippen LogP) is 2.13. The minimum atomic E-state index is -2.96. The Labute approximate surface area is 130 Å². The highest BCUT2D eigenvalue weighted by molar-refractivity contribution is 7.91. The fraction of sp³-hybridized carbons (Fsp3) is 0.667. The van der Waals surface area contributed by atoms with Crippen LogP contribution in [0.4, 0.5) is 0 Å². The van der Waals surface area contributed by atoms with E-state index in [-0.39, 0.29) is 23.5 Å². The minimum Gasteiger partial charge on any atom is -0.337 e. The molecule has 21 heavy (non-hydrogen) atoms. The predicted molar refractivity (Wildman–Crippen MR) is 84.7 cm³/mol. The van der Waals surface area contributed by atoms with E-state index in [0.29, 0.717) is 12.3 Å². The molecular weight excluding hydrogens is 306 g/mol. The van der Waals surface area contributed by atoms with Gasteiger partial charge in [0.2, 0.25) is 0 Å². The van der Waals surface area contributed by atoms with Crippen molar-refractivity contribution >= 4 is 27.1 Å². The Morgan fingerprint density at radius 1 is 1.38 bits per heavy atom. The molecule has 1 aromatic rings. The molecule has 0 radical (unpaired) electrons. The zero-order valence-electron chi connectivity index (χ0n) is 12.5. The van der Waals surface area contributed by atoms with Gasteiger partial charge in [0.15, 0.2) is 9.84 Å².